The van der Waals surface area contributed by atoms with Crippen LogP contribution in [-0.4, -0.2) is 21.6 Å². The van der Waals surface area contributed by atoms with E-state index in [1.54, 1.807) is 12.4 Å². The van der Waals surface area contributed by atoms with Crippen LogP contribution in [0.1, 0.15) is 42.4 Å². The lowest BCUT2D eigenvalue weighted by molar-refractivity contribution is 0.0375. The van der Waals surface area contributed by atoms with Gasteiger partial charge in [-0.2, -0.15) is 0 Å². The molecule has 0 spiro atoms. The Bertz CT molecular complexity index is 604. The highest BCUT2D eigenvalue weighted by atomic mass is 16.5. The summed E-state index contributed by atoms with van der Waals surface area (Å²) < 4.78 is 7.23. The van der Waals surface area contributed by atoms with Crippen molar-refractivity contribution in [2.45, 2.75) is 32.4 Å². The van der Waals surface area contributed by atoms with Crippen LogP contribution in [0.3, 0.4) is 0 Å². The predicted molar refractivity (Wildman–Crippen MR) is 82.2 cm³/mol. The van der Waals surface area contributed by atoms with Crippen molar-refractivity contribution >= 4 is 5.97 Å². The Morgan fingerprint density at radius 2 is 2.14 bits per heavy atom. The second-order valence-corrected chi connectivity index (χ2v) is 4.86. The van der Waals surface area contributed by atoms with Crippen LogP contribution in [0, 0.1) is 0 Å². The zero-order chi connectivity index (χ0) is 15.2. The number of ether oxygens (including phenoxy) is 1. The molecule has 2 aromatic rings. The summed E-state index contributed by atoms with van der Waals surface area (Å²) >= 11 is 0. The van der Waals surface area contributed by atoms with Crippen molar-refractivity contribution in [3.8, 4) is 0 Å². The number of carbonyl (C=O) groups excluding carboxylic acids is 1. The van der Waals surface area contributed by atoms with Crippen LogP contribution in [0.15, 0.2) is 55.5 Å². The molecule has 0 saturated heterocycles. The van der Waals surface area contributed by atoms with Gasteiger partial charge in [-0.25, -0.2) is 9.78 Å². The number of aromatic nitrogens is 2. The van der Waals surface area contributed by atoms with Crippen molar-refractivity contribution in [2.75, 3.05) is 0 Å². The van der Waals surface area contributed by atoms with Gasteiger partial charge in [-0.3, -0.25) is 0 Å². The summed E-state index contributed by atoms with van der Waals surface area (Å²) in [5, 5.41) is 0. The molecule has 0 saturated carbocycles. The first kappa shape index (κ1) is 15.0. The maximum Gasteiger partial charge on any atom is 0.357 e. The number of nitrogens with zero attached hydrogens (tertiary/aromatic N) is 2. The second kappa shape index (κ2) is 6.88. The molecule has 1 heterocycles. The van der Waals surface area contributed by atoms with Crippen LogP contribution in [0.5, 0.6) is 0 Å². The molecule has 0 N–H and O–H groups in total. The molecule has 0 amide bonds. The van der Waals surface area contributed by atoms with Gasteiger partial charge in [0.2, 0.25) is 0 Å². The van der Waals surface area contributed by atoms with E-state index in [0.29, 0.717) is 12.1 Å². The number of imidazole rings is 1. The van der Waals surface area contributed by atoms with E-state index in [1.165, 1.54) is 6.20 Å². The summed E-state index contributed by atoms with van der Waals surface area (Å²) in [6, 6.07) is 9.99. The van der Waals surface area contributed by atoms with E-state index in [1.807, 2.05) is 48.7 Å². The van der Waals surface area contributed by atoms with Gasteiger partial charge in [-0.05, 0) is 18.9 Å². The van der Waals surface area contributed by atoms with Gasteiger partial charge in [0, 0.05) is 0 Å². The third kappa shape index (κ3) is 3.40. The highest BCUT2D eigenvalue weighted by molar-refractivity contribution is 5.87. The fraction of sp³-hybridized carbons (Fsp3) is 0.294. The van der Waals surface area contributed by atoms with E-state index in [-0.39, 0.29) is 18.1 Å². The predicted octanol–water partition coefficient (Wildman–Crippen LogP) is 3.61. The van der Waals surface area contributed by atoms with E-state index < -0.39 is 0 Å². The van der Waals surface area contributed by atoms with Gasteiger partial charge < -0.3 is 9.30 Å². The standard InChI is InChI=1S/C17H20N2O2/c1-4-15(5-2)21-17(20)16-11-18-12-19(16)13(3)14-9-7-6-8-10-14/h4,6-13,15H,1,5H2,2-3H3/t13-,15?/m1/s1. The Kier molecular flexibility index (Phi) is 4.93. The van der Waals surface area contributed by atoms with E-state index in [0.717, 1.165) is 5.56 Å². The molecule has 1 aromatic heterocycles. The molecule has 0 fully saturated rings. The first-order chi connectivity index (χ1) is 10.2. The summed E-state index contributed by atoms with van der Waals surface area (Å²) in [4.78, 5) is 16.3. The molecular weight excluding hydrogens is 264 g/mol. The third-order valence-electron chi connectivity index (χ3n) is 3.50. The maximum absolute atomic E-state index is 12.3. The molecule has 0 aliphatic rings. The average Bonchev–Trinajstić information content (AvgIpc) is 3.02. The Hall–Kier alpha value is -2.36. The highest BCUT2D eigenvalue weighted by Crippen LogP contribution is 2.20. The maximum atomic E-state index is 12.3. The minimum Gasteiger partial charge on any atom is -0.453 e. The van der Waals surface area contributed by atoms with Crippen molar-refractivity contribution in [3.05, 3.63) is 66.8 Å². The molecule has 2 rings (SSSR count). The second-order valence-electron chi connectivity index (χ2n) is 4.86. The minimum atomic E-state index is -0.373. The number of carbonyl (C=O) groups is 1. The summed E-state index contributed by atoms with van der Waals surface area (Å²) in [6.45, 7) is 7.65. The summed E-state index contributed by atoms with van der Waals surface area (Å²) in [5.74, 6) is -0.373. The van der Waals surface area contributed by atoms with Crippen molar-refractivity contribution in [1.29, 1.82) is 0 Å². The van der Waals surface area contributed by atoms with Crippen LogP contribution in [0.25, 0.3) is 0 Å². The van der Waals surface area contributed by atoms with Crippen molar-refractivity contribution < 1.29 is 9.53 Å². The monoisotopic (exact) mass is 284 g/mol. The first-order valence-electron chi connectivity index (χ1n) is 7.07. The number of hydrogen-bond acceptors (Lipinski definition) is 3. The van der Waals surface area contributed by atoms with Gasteiger partial charge in [0.15, 0.2) is 0 Å². The zero-order valence-electron chi connectivity index (χ0n) is 12.4. The van der Waals surface area contributed by atoms with Gasteiger partial charge in [0.25, 0.3) is 0 Å². The van der Waals surface area contributed by atoms with Crippen LogP contribution >= 0.6 is 0 Å². The summed E-state index contributed by atoms with van der Waals surface area (Å²) in [6.07, 6.45) is 5.27. The zero-order valence-corrected chi connectivity index (χ0v) is 12.4. The fourth-order valence-electron chi connectivity index (χ4n) is 2.16. The van der Waals surface area contributed by atoms with Crippen molar-refractivity contribution in [3.63, 3.8) is 0 Å². The molecule has 0 radical (unpaired) electrons. The van der Waals surface area contributed by atoms with E-state index in [9.17, 15) is 4.79 Å². The van der Waals surface area contributed by atoms with Gasteiger partial charge in [-0.15, -0.1) is 0 Å². The lowest BCUT2D eigenvalue weighted by Crippen LogP contribution is -2.19. The lowest BCUT2D eigenvalue weighted by atomic mass is 10.1. The molecule has 0 bridgehead atoms. The summed E-state index contributed by atoms with van der Waals surface area (Å²) in [5.41, 5.74) is 1.56. The third-order valence-corrected chi connectivity index (χ3v) is 3.50. The molecule has 1 unspecified atom stereocenters. The minimum absolute atomic E-state index is 0.0139. The molecule has 21 heavy (non-hydrogen) atoms. The van der Waals surface area contributed by atoms with Crippen molar-refractivity contribution in [2.24, 2.45) is 0 Å². The van der Waals surface area contributed by atoms with E-state index in [4.69, 9.17) is 4.74 Å². The number of rotatable bonds is 6. The summed E-state index contributed by atoms with van der Waals surface area (Å²) in [7, 11) is 0. The van der Waals surface area contributed by atoms with Crippen LogP contribution < -0.4 is 0 Å². The fourth-order valence-corrected chi connectivity index (χ4v) is 2.16. The van der Waals surface area contributed by atoms with E-state index in [2.05, 4.69) is 11.6 Å². The van der Waals surface area contributed by atoms with Gasteiger partial charge in [0.1, 0.15) is 11.8 Å². The topological polar surface area (TPSA) is 44.1 Å². The van der Waals surface area contributed by atoms with E-state index >= 15 is 0 Å². The molecule has 0 aliphatic carbocycles. The highest BCUT2D eigenvalue weighted by Gasteiger charge is 2.19. The molecule has 2 atom stereocenters. The number of benzene rings is 1. The van der Waals surface area contributed by atoms with Crippen LogP contribution in [0.2, 0.25) is 0 Å². The molecule has 0 aliphatic heterocycles. The number of hydrogen-bond donors (Lipinski definition) is 0. The quantitative estimate of drug-likeness (QED) is 0.601. The Labute approximate surface area is 125 Å². The Morgan fingerprint density at radius 3 is 2.76 bits per heavy atom. The smallest absolute Gasteiger partial charge is 0.357 e. The van der Waals surface area contributed by atoms with Crippen LogP contribution in [-0.2, 0) is 4.74 Å². The average molecular weight is 284 g/mol. The Balaban J connectivity index is 2.22. The molecular formula is C17H20N2O2. The Morgan fingerprint density at radius 1 is 1.43 bits per heavy atom. The molecule has 4 heteroatoms. The largest absolute Gasteiger partial charge is 0.453 e. The molecule has 4 nitrogen and oxygen atoms in total. The van der Waals surface area contributed by atoms with Gasteiger partial charge in [0.05, 0.1) is 18.6 Å². The van der Waals surface area contributed by atoms with Crippen LogP contribution in [0.4, 0.5) is 0 Å². The van der Waals surface area contributed by atoms with Gasteiger partial charge in [-0.1, -0.05) is 49.9 Å². The normalized spacial score (nSPS) is 13.4. The van der Waals surface area contributed by atoms with Crippen molar-refractivity contribution in [1.82, 2.24) is 9.55 Å². The number of esters is 1. The molecule has 1 aromatic carbocycles. The first-order valence-corrected chi connectivity index (χ1v) is 7.07. The SMILES string of the molecule is C=CC(CC)OC(=O)c1cncn1[C@H](C)c1ccccc1. The van der Waals surface area contributed by atoms with Gasteiger partial charge >= 0.3 is 5.97 Å². The molecule has 110 valence electrons. The lowest BCUT2D eigenvalue weighted by Gasteiger charge is -2.18.